The molecular formula is C21H29FN4O2. The Balaban J connectivity index is 1.44. The number of aromatic nitrogens is 2. The largest absolute Gasteiger partial charge is 0.383 e. The molecule has 1 aliphatic rings. The fourth-order valence-electron chi connectivity index (χ4n) is 3.62. The number of rotatable bonds is 8. The number of nitrogens with zero attached hydrogens (tertiary/aromatic N) is 3. The van der Waals surface area contributed by atoms with E-state index in [1.807, 2.05) is 12.4 Å². The number of benzene rings is 1. The van der Waals surface area contributed by atoms with Crippen molar-refractivity contribution in [3.8, 4) is 0 Å². The molecule has 28 heavy (non-hydrogen) atoms. The van der Waals surface area contributed by atoms with Gasteiger partial charge in [0.1, 0.15) is 11.6 Å². The van der Waals surface area contributed by atoms with Crippen molar-refractivity contribution < 1.29 is 13.9 Å². The van der Waals surface area contributed by atoms with Gasteiger partial charge in [0.05, 0.1) is 13.2 Å². The van der Waals surface area contributed by atoms with E-state index < -0.39 is 0 Å². The number of nitrogens with one attached hydrogen (secondary N) is 1. The molecule has 0 saturated carbocycles. The smallest absolute Gasteiger partial charge is 0.251 e. The van der Waals surface area contributed by atoms with E-state index in [2.05, 4.69) is 19.8 Å². The van der Waals surface area contributed by atoms with Crippen LogP contribution in [0.3, 0.4) is 0 Å². The van der Waals surface area contributed by atoms with Gasteiger partial charge in [-0.05, 0) is 56.5 Å². The van der Waals surface area contributed by atoms with Gasteiger partial charge in [0.2, 0.25) is 0 Å². The predicted octanol–water partition coefficient (Wildman–Crippen LogP) is 2.62. The quantitative estimate of drug-likeness (QED) is 0.755. The second-order valence-electron chi connectivity index (χ2n) is 7.37. The Labute approximate surface area is 165 Å². The maximum absolute atomic E-state index is 13.6. The fourth-order valence-corrected chi connectivity index (χ4v) is 3.62. The second-order valence-corrected chi connectivity index (χ2v) is 7.37. The number of carbonyl (C=O) groups excluding carboxylic acids is 1. The van der Waals surface area contributed by atoms with E-state index in [1.165, 1.54) is 6.07 Å². The molecule has 2 heterocycles. The minimum Gasteiger partial charge on any atom is -0.383 e. The van der Waals surface area contributed by atoms with Crippen LogP contribution in [0.2, 0.25) is 0 Å². The Morgan fingerprint density at radius 2 is 2.14 bits per heavy atom. The van der Waals surface area contributed by atoms with Crippen LogP contribution in [0.1, 0.15) is 34.6 Å². The van der Waals surface area contributed by atoms with E-state index in [4.69, 9.17) is 4.74 Å². The zero-order valence-electron chi connectivity index (χ0n) is 16.7. The van der Waals surface area contributed by atoms with Crippen molar-refractivity contribution in [2.24, 2.45) is 5.92 Å². The first kappa shape index (κ1) is 20.5. The summed E-state index contributed by atoms with van der Waals surface area (Å²) in [6.45, 7) is 6.56. The number of imidazole rings is 1. The average Bonchev–Trinajstić information content (AvgIpc) is 3.14. The van der Waals surface area contributed by atoms with Crippen molar-refractivity contribution in [3.63, 3.8) is 0 Å². The predicted molar refractivity (Wildman–Crippen MR) is 106 cm³/mol. The van der Waals surface area contributed by atoms with Gasteiger partial charge in [-0.2, -0.15) is 0 Å². The van der Waals surface area contributed by atoms with Crippen molar-refractivity contribution >= 4 is 5.91 Å². The summed E-state index contributed by atoms with van der Waals surface area (Å²) in [7, 11) is 1.70. The molecule has 3 rings (SSSR count). The molecule has 1 amide bonds. The van der Waals surface area contributed by atoms with Gasteiger partial charge < -0.3 is 14.6 Å². The number of methoxy groups -OCH3 is 1. The number of hydrogen-bond acceptors (Lipinski definition) is 4. The van der Waals surface area contributed by atoms with E-state index in [0.717, 1.165) is 44.8 Å². The standard InChI is InChI=1S/C21H29FN4O2/c1-16-18(4-3-5-19(16)22)21(27)24-14-17-6-9-25(10-7-17)15-20-23-8-11-26(20)12-13-28-2/h3-5,8,11,17H,6-7,9-10,12-15H2,1-2H3,(H,24,27). The Bertz CT molecular complexity index is 784. The lowest BCUT2D eigenvalue weighted by atomic mass is 9.96. The van der Waals surface area contributed by atoms with Gasteiger partial charge in [0.25, 0.3) is 5.91 Å². The van der Waals surface area contributed by atoms with Crippen molar-refractivity contribution in [2.45, 2.75) is 32.9 Å². The van der Waals surface area contributed by atoms with Gasteiger partial charge in [-0.25, -0.2) is 9.37 Å². The molecule has 1 aromatic heterocycles. The van der Waals surface area contributed by atoms with Crippen molar-refractivity contribution in [1.29, 1.82) is 0 Å². The van der Waals surface area contributed by atoms with Crippen LogP contribution in [0.5, 0.6) is 0 Å². The van der Waals surface area contributed by atoms with Crippen molar-refractivity contribution in [3.05, 3.63) is 53.4 Å². The van der Waals surface area contributed by atoms with Gasteiger partial charge in [0.15, 0.2) is 0 Å². The van der Waals surface area contributed by atoms with Crippen molar-refractivity contribution in [1.82, 2.24) is 19.8 Å². The number of hydrogen-bond donors (Lipinski definition) is 1. The first-order valence-corrected chi connectivity index (χ1v) is 9.83. The lowest BCUT2D eigenvalue weighted by molar-refractivity contribution is 0.0933. The summed E-state index contributed by atoms with van der Waals surface area (Å²) in [5.41, 5.74) is 0.819. The monoisotopic (exact) mass is 388 g/mol. The molecule has 1 N–H and O–H groups in total. The molecule has 1 aliphatic heterocycles. The number of amides is 1. The topological polar surface area (TPSA) is 59.4 Å². The zero-order chi connectivity index (χ0) is 19.9. The third-order valence-corrected chi connectivity index (χ3v) is 5.47. The Morgan fingerprint density at radius 3 is 2.89 bits per heavy atom. The van der Waals surface area contributed by atoms with Crippen LogP contribution in [0.25, 0.3) is 0 Å². The van der Waals surface area contributed by atoms with E-state index >= 15 is 0 Å². The van der Waals surface area contributed by atoms with E-state index in [1.54, 1.807) is 26.2 Å². The first-order chi connectivity index (χ1) is 13.6. The van der Waals surface area contributed by atoms with Crippen LogP contribution < -0.4 is 5.32 Å². The van der Waals surface area contributed by atoms with Crippen molar-refractivity contribution in [2.75, 3.05) is 33.4 Å². The molecule has 0 aliphatic carbocycles. The number of halogens is 1. The molecule has 152 valence electrons. The Morgan fingerprint density at radius 1 is 1.36 bits per heavy atom. The van der Waals surface area contributed by atoms with Crippen LogP contribution in [0, 0.1) is 18.7 Å². The minimum atomic E-state index is -0.343. The summed E-state index contributed by atoms with van der Waals surface area (Å²) in [6, 6.07) is 4.62. The Hall–Kier alpha value is -2.25. The molecule has 0 radical (unpaired) electrons. The molecule has 7 heteroatoms. The maximum atomic E-state index is 13.6. The highest BCUT2D eigenvalue weighted by Crippen LogP contribution is 2.19. The fraction of sp³-hybridized carbons (Fsp3) is 0.524. The molecule has 1 aromatic carbocycles. The van der Waals surface area contributed by atoms with Crippen LogP contribution in [-0.2, 0) is 17.8 Å². The number of carbonyl (C=O) groups is 1. The van der Waals surface area contributed by atoms with Gasteiger partial charge in [-0.15, -0.1) is 0 Å². The first-order valence-electron chi connectivity index (χ1n) is 9.83. The lowest BCUT2D eigenvalue weighted by Gasteiger charge is -2.31. The third kappa shape index (κ3) is 5.17. The molecule has 1 saturated heterocycles. The van der Waals surface area contributed by atoms with Gasteiger partial charge in [-0.3, -0.25) is 9.69 Å². The molecule has 0 atom stereocenters. The number of likely N-dealkylation sites (tertiary alicyclic amines) is 1. The normalized spacial score (nSPS) is 15.7. The number of piperidine rings is 1. The van der Waals surface area contributed by atoms with Crippen LogP contribution in [0.15, 0.2) is 30.6 Å². The third-order valence-electron chi connectivity index (χ3n) is 5.47. The van der Waals surface area contributed by atoms with Crippen LogP contribution in [0.4, 0.5) is 4.39 Å². The Kier molecular flexibility index (Phi) is 7.17. The SMILES string of the molecule is COCCn1ccnc1CN1CCC(CNC(=O)c2cccc(F)c2C)CC1. The molecule has 0 bridgehead atoms. The minimum absolute atomic E-state index is 0.195. The molecule has 1 fully saturated rings. The lowest BCUT2D eigenvalue weighted by Crippen LogP contribution is -2.39. The van der Waals surface area contributed by atoms with Gasteiger partial charge in [-0.1, -0.05) is 6.07 Å². The van der Waals surface area contributed by atoms with E-state index in [9.17, 15) is 9.18 Å². The van der Waals surface area contributed by atoms with Gasteiger partial charge >= 0.3 is 0 Å². The summed E-state index contributed by atoms with van der Waals surface area (Å²) >= 11 is 0. The maximum Gasteiger partial charge on any atom is 0.251 e. The molecule has 0 unspecified atom stereocenters. The molecule has 0 spiro atoms. The summed E-state index contributed by atoms with van der Waals surface area (Å²) in [5, 5.41) is 2.97. The highest BCUT2D eigenvalue weighted by molar-refractivity contribution is 5.95. The summed E-state index contributed by atoms with van der Waals surface area (Å²) in [6.07, 6.45) is 5.88. The zero-order valence-corrected chi connectivity index (χ0v) is 16.7. The van der Waals surface area contributed by atoms with E-state index in [-0.39, 0.29) is 11.7 Å². The summed E-state index contributed by atoms with van der Waals surface area (Å²) in [5.74, 6) is 0.970. The second kappa shape index (κ2) is 9.80. The van der Waals surface area contributed by atoms with Crippen LogP contribution in [-0.4, -0.2) is 53.7 Å². The summed E-state index contributed by atoms with van der Waals surface area (Å²) in [4.78, 5) is 19.2. The van der Waals surface area contributed by atoms with Gasteiger partial charge in [0, 0.05) is 38.2 Å². The highest BCUT2D eigenvalue weighted by atomic mass is 19.1. The highest BCUT2D eigenvalue weighted by Gasteiger charge is 2.21. The van der Waals surface area contributed by atoms with E-state index in [0.29, 0.717) is 30.2 Å². The molecule has 6 nitrogen and oxygen atoms in total. The average molecular weight is 388 g/mol. The molecule has 2 aromatic rings. The number of ether oxygens (including phenoxy) is 1. The van der Waals surface area contributed by atoms with Crippen LogP contribution >= 0.6 is 0 Å². The summed E-state index contributed by atoms with van der Waals surface area (Å²) < 4.78 is 20.9. The molecular weight excluding hydrogens is 359 g/mol.